The van der Waals surface area contributed by atoms with E-state index < -0.39 is 0 Å². The number of nitrogens with zero attached hydrogens (tertiary/aromatic N) is 1. The SMILES string of the molecule is Cl.O=C(c1ccco1)N1CCC2(CCNCC2)CC1. The standard InChI is InChI=1S/C14H20N2O2.ClH/c17-13(12-2-1-11-18-12)16-9-5-14(6-10-16)3-7-15-8-4-14;/h1-2,11,15H,3-10H2;1H. The van der Waals surface area contributed by atoms with Crippen molar-refractivity contribution in [3.8, 4) is 0 Å². The zero-order valence-corrected chi connectivity index (χ0v) is 11.9. The highest BCUT2D eigenvalue weighted by Crippen LogP contribution is 2.39. The summed E-state index contributed by atoms with van der Waals surface area (Å²) in [6.45, 7) is 4.01. The molecule has 0 bridgehead atoms. The van der Waals surface area contributed by atoms with E-state index in [4.69, 9.17) is 4.42 Å². The molecule has 2 fully saturated rings. The molecule has 0 unspecified atom stereocenters. The van der Waals surface area contributed by atoms with Crippen molar-refractivity contribution in [1.82, 2.24) is 10.2 Å². The number of carbonyl (C=O) groups excluding carboxylic acids is 1. The van der Waals surface area contributed by atoms with E-state index in [1.807, 2.05) is 4.90 Å². The van der Waals surface area contributed by atoms with Crippen LogP contribution in [0.5, 0.6) is 0 Å². The number of rotatable bonds is 1. The number of amides is 1. The summed E-state index contributed by atoms with van der Waals surface area (Å²) in [5.74, 6) is 0.514. The molecule has 1 N–H and O–H groups in total. The van der Waals surface area contributed by atoms with Gasteiger partial charge in [0.05, 0.1) is 6.26 Å². The first-order valence-electron chi connectivity index (χ1n) is 6.83. The monoisotopic (exact) mass is 284 g/mol. The number of nitrogens with one attached hydrogen (secondary N) is 1. The Morgan fingerprint density at radius 1 is 1.21 bits per heavy atom. The summed E-state index contributed by atoms with van der Waals surface area (Å²) in [5, 5.41) is 3.42. The molecule has 5 heteroatoms. The van der Waals surface area contributed by atoms with Crippen molar-refractivity contribution in [2.75, 3.05) is 26.2 Å². The molecule has 2 aliphatic rings. The topological polar surface area (TPSA) is 45.5 Å². The van der Waals surface area contributed by atoms with E-state index in [2.05, 4.69) is 5.32 Å². The van der Waals surface area contributed by atoms with Gasteiger partial charge in [-0.1, -0.05) is 0 Å². The van der Waals surface area contributed by atoms with Gasteiger partial charge in [0.2, 0.25) is 0 Å². The summed E-state index contributed by atoms with van der Waals surface area (Å²) in [7, 11) is 0. The minimum absolute atomic E-state index is 0. The molecule has 106 valence electrons. The summed E-state index contributed by atoms with van der Waals surface area (Å²) in [6.07, 6.45) is 6.36. The molecule has 19 heavy (non-hydrogen) atoms. The fraction of sp³-hybridized carbons (Fsp3) is 0.643. The van der Waals surface area contributed by atoms with E-state index in [1.54, 1.807) is 18.4 Å². The van der Waals surface area contributed by atoms with Crippen LogP contribution in [-0.2, 0) is 0 Å². The van der Waals surface area contributed by atoms with E-state index in [0.717, 1.165) is 39.0 Å². The van der Waals surface area contributed by atoms with E-state index in [0.29, 0.717) is 11.2 Å². The zero-order chi connectivity index (χ0) is 12.4. The molecule has 0 saturated carbocycles. The Labute approximate surface area is 119 Å². The average molecular weight is 285 g/mol. The first-order chi connectivity index (χ1) is 8.79. The summed E-state index contributed by atoms with van der Waals surface area (Å²) in [6, 6.07) is 3.52. The third-order valence-corrected chi connectivity index (χ3v) is 4.51. The van der Waals surface area contributed by atoms with Gasteiger partial charge in [-0.15, -0.1) is 12.4 Å². The smallest absolute Gasteiger partial charge is 0.289 e. The van der Waals surface area contributed by atoms with Crippen LogP contribution in [0.1, 0.15) is 36.2 Å². The Morgan fingerprint density at radius 3 is 2.47 bits per heavy atom. The second-order valence-corrected chi connectivity index (χ2v) is 5.52. The molecule has 2 saturated heterocycles. The highest BCUT2D eigenvalue weighted by atomic mass is 35.5. The predicted molar refractivity (Wildman–Crippen MR) is 75.6 cm³/mol. The van der Waals surface area contributed by atoms with Crippen LogP contribution in [-0.4, -0.2) is 37.0 Å². The largest absolute Gasteiger partial charge is 0.459 e. The van der Waals surface area contributed by atoms with Crippen molar-refractivity contribution in [2.24, 2.45) is 5.41 Å². The van der Waals surface area contributed by atoms with Crippen molar-refractivity contribution in [2.45, 2.75) is 25.7 Å². The molecule has 0 aromatic carbocycles. The quantitative estimate of drug-likeness (QED) is 0.861. The van der Waals surface area contributed by atoms with Gasteiger partial charge < -0.3 is 14.6 Å². The van der Waals surface area contributed by atoms with Crippen LogP contribution in [0, 0.1) is 5.41 Å². The second kappa shape index (κ2) is 5.97. The first-order valence-corrected chi connectivity index (χ1v) is 6.83. The van der Waals surface area contributed by atoms with Gasteiger partial charge in [-0.3, -0.25) is 4.79 Å². The van der Waals surface area contributed by atoms with Gasteiger partial charge >= 0.3 is 0 Å². The fourth-order valence-electron chi connectivity index (χ4n) is 3.20. The minimum atomic E-state index is 0. The number of hydrogen-bond acceptors (Lipinski definition) is 3. The number of likely N-dealkylation sites (tertiary alicyclic amines) is 1. The first kappa shape index (κ1) is 14.4. The molecule has 1 spiro atoms. The number of piperidine rings is 2. The maximum atomic E-state index is 12.2. The highest BCUT2D eigenvalue weighted by molar-refractivity contribution is 5.91. The normalized spacial score (nSPS) is 22.0. The molecular formula is C14H21ClN2O2. The molecular weight excluding hydrogens is 264 g/mol. The Bertz CT molecular complexity index is 403. The van der Waals surface area contributed by atoms with Crippen LogP contribution in [0.2, 0.25) is 0 Å². The second-order valence-electron chi connectivity index (χ2n) is 5.52. The fourth-order valence-corrected chi connectivity index (χ4v) is 3.20. The minimum Gasteiger partial charge on any atom is -0.459 e. The summed E-state index contributed by atoms with van der Waals surface area (Å²) < 4.78 is 5.18. The summed E-state index contributed by atoms with van der Waals surface area (Å²) in [4.78, 5) is 14.1. The van der Waals surface area contributed by atoms with Crippen LogP contribution in [0.4, 0.5) is 0 Å². The van der Waals surface area contributed by atoms with Gasteiger partial charge in [0, 0.05) is 13.1 Å². The lowest BCUT2D eigenvalue weighted by Gasteiger charge is -2.44. The molecule has 0 radical (unpaired) electrons. The van der Waals surface area contributed by atoms with Gasteiger partial charge in [0.1, 0.15) is 0 Å². The van der Waals surface area contributed by atoms with Gasteiger partial charge in [-0.05, 0) is 56.3 Å². The Balaban J connectivity index is 0.00000133. The summed E-state index contributed by atoms with van der Waals surface area (Å²) in [5.41, 5.74) is 0.491. The van der Waals surface area contributed by atoms with Gasteiger partial charge in [-0.2, -0.15) is 0 Å². The van der Waals surface area contributed by atoms with Crippen molar-refractivity contribution in [3.05, 3.63) is 24.2 Å². The van der Waals surface area contributed by atoms with Crippen molar-refractivity contribution in [3.63, 3.8) is 0 Å². The third kappa shape index (κ3) is 2.95. The van der Waals surface area contributed by atoms with Crippen molar-refractivity contribution < 1.29 is 9.21 Å². The predicted octanol–water partition coefficient (Wildman–Crippen LogP) is 2.31. The Hall–Kier alpha value is -1.00. The van der Waals surface area contributed by atoms with Crippen LogP contribution in [0.3, 0.4) is 0 Å². The number of halogens is 1. The highest BCUT2D eigenvalue weighted by Gasteiger charge is 2.37. The van der Waals surface area contributed by atoms with E-state index >= 15 is 0 Å². The van der Waals surface area contributed by atoms with Crippen molar-refractivity contribution in [1.29, 1.82) is 0 Å². The molecule has 3 rings (SSSR count). The maximum Gasteiger partial charge on any atom is 0.289 e. The molecule has 1 aromatic rings. The van der Waals surface area contributed by atoms with E-state index in [9.17, 15) is 4.79 Å². The lowest BCUT2D eigenvalue weighted by Crippen LogP contribution is -2.47. The molecule has 3 heterocycles. The van der Waals surface area contributed by atoms with Crippen LogP contribution in [0.25, 0.3) is 0 Å². The van der Waals surface area contributed by atoms with Gasteiger partial charge in [-0.25, -0.2) is 0 Å². The Morgan fingerprint density at radius 2 is 1.89 bits per heavy atom. The molecule has 1 amide bonds. The lowest BCUT2D eigenvalue weighted by atomic mass is 9.71. The maximum absolute atomic E-state index is 12.2. The van der Waals surface area contributed by atoms with Crippen LogP contribution < -0.4 is 5.32 Å². The summed E-state index contributed by atoms with van der Waals surface area (Å²) >= 11 is 0. The molecule has 0 aliphatic carbocycles. The molecule has 2 aliphatic heterocycles. The Kier molecular flexibility index (Phi) is 4.53. The van der Waals surface area contributed by atoms with Gasteiger partial charge in [0.15, 0.2) is 5.76 Å². The average Bonchev–Trinajstić information content (AvgIpc) is 2.94. The molecule has 4 nitrogen and oxygen atoms in total. The number of furan rings is 1. The molecule has 1 aromatic heterocycles. The van der Waals surface area contributed by atoms with E-state index in [1.165, 1.54) is 12.8 Å². The number of carbonyl (C=O) groups is 1. The zero-order valence-electron chi connectivity index (χ0n) is 11.1. The van der Waals surface area contributed by atoms with Crippen LogP contribution >= 0.6 is 12.4 Å². The molecule has 0 atom stereocenters. The number of hydrogen-bond donors (Lipinski definition) is 1. The lowest BCUT2D eigenvalue weighted by molar-refractivity contribution is 0.0470. The third-order valence-electron chi connectivity index (χ3n) is 4.51. The van der Waals surface area contributed by atoms with Gasteiger partial charge in [0.25, 0.3) is 5.91 Å². The van der Waals surface area contributed by atoms with E-state index in [-0.39, 0.29) is 18.3 Å². The van der Waals surface area contributed by atoms with Crippen molar-refractivity contribution >= 4 is 18.3 Å². The van der Waals surface area contributed by atoms with Crippen LogP contribution in [0.15, 0.2) is 22.8 Å².